The number of amides is 4. The van der Waals surface area contributed by atoms with Crippen molar-refractivity contribution in [2.24, 2.45) is 17.4 Å². The molecule has 5 aromatic rings. The van der Waals surface area contributed by atoms with Crippen LogP contribution in [0.1, 0.15) is 69.1 Å². The van der Waals surface area contributed by atoms with Crippen molar-refractivity contribution >= 4 is 76.5 Å². The lowest BCUT2D eigenvalue weighted by Gasteiger charge is -2.27. The molecule has 6 rings (SSSR count). The van der Waals surface area contributed by atoms with Crippen molar-refractivity contribution in [3.8, 4) is 0 Å². The predicted octanol–water partition coefficient (Wildman–Crippen LogP) is 2.16. The maximum atomic E-state index is 13.8. The van der Waals surface area contributed by atoms with Crippen LogP contribution in [0.2, 0.25) is 0 Å². The smallest absolute Gasteiger partial charge is 0.344 e. The maximum absolute atomic E-state index is 13.8. The Morgan fingerprint density at radius 3 is 1.60 bits per heavy atom. The molecule has 24 nitrogen and oxygen atoms in total. The van der Waals surface area contributed by atoms with Crippen molar-refractivity contribution in [1.29, 1.82) is 0 Å². The zero-order valence-electron chi connectivity index (χ0n) is 49.1. The molecule has 2 heterocycles. The fraction of sp³-hybridized carbons (Fsp3) is 0.417. The number of fused-ring (bicyclic) bond motifs is 2. The first-order valence-electron chi connectivity index (χ1n) is 27.1. The Morgan fingerprint density at radius 1 is 0.619 bits per heavy atom. The van der Waals surface area contributed by atoms with Gasteiger partial charge in [0.25, 0.3) is 0 Å². The van der Waals surface area contributed by atoms with Crippen LogP contribution in [0.4, 0.5) is 0 Å². The summed E-state index contributed by atoms with van der Waals surface area (Å²) in [5.74, 6) is -2.85. The Hall–Kier alpha value is -8.23. The predicted molar refractivity (Wildman–Crippen MR) is 321 cm³/mol. The lowest BCUT2D eigenvalue weighted by Crippen LogP contribution is -2.58. The Bertz CT molecular complexity index is 2840. The van der Waals surface area contributed by atoms with Gasteiger partial charge >= 0.3 is 5.97 Å². The third kappa shape index (κ3) is 25.9. The number of nitrogens with two attached hydrogens (primary N) is 2. The van der Waals surface area contributed by atoms with E-state index in [2.05, 4.69) is 57.4 Å². The molecule has 4 amide bonds. The van der Waals surface area contributed by atoms with Gasteiger partial charge in [0.2, 0.25) is 23.6 Å². The third-order valence-electron chi connectivity index (χ3n) is 12.8. The first-order valence-corrected chi connectivity index (χ1v) is 27.1. The van der Waals surface area contributed by atoms with Crippen LogP contribution in [-0.4, -0.2) is 165 Å². The van der Waals surface area contributed by atoms with Crippen LogP contribution >= 0.6 is 0 Å². The number of para-hydroxylation sites is 2. The standard InChI is InChI=1S/C31H41N5O8.C17H21N3O3.C9H11NO.CH5N.2CH4O/c1-18(2)27(17-37)36-31(42)26(14-20-16-33-23-8-6-5-7-22(20)23)35-30(41)25(13-19-9-11-21(38)12-10-19)34-29(40)24(32-3)15-28(39)44-43-4;1-18-16(17(23)20-13(11-22)5-4-8-21)9-12-10-19-15-7-3-2-6-14(12)15;10-9(7-11)6-8-4-2-1-3-5-8;3*1-2/h5-9,11,16-18,24-27,32-33,38H,10,12-15H2,1-4H3,(H,34,40)(H,35,41)(H,36,42);2-3,6-8,10-11,13,16,18-19H,4-5,9H2,1H3,(H,20,23);1-5,7,9H,6,10H2;2H2,1H3;2*2H,1H3. The second-order valence-electron chi connectivity index (χ2n) is 18.8. The number of carbonyl (C=O) groups is 9. The van der Waals surface area contributed by atoms with E-state index < -0.39 is 59.9 Å². The van der Waals surface area contributed by atoms with Gasteiger partial charge in [-0.15, -0.1) is 0 Å². The topological polar surface area (TPSA) is 389 Å². The minimum absolute atomic E-state index is 0.0880. The first kappa shape index (κ1) is 73.8. The molecule has 0 bridgehead atoms. The lowest BCUT2D eigenvalue weighted by molar-refractivity contribution is -0.255. The average Bonchev–Trinajstić information content (AvgIpc) is 4.35. The van der Waals surface area contributed by atoms with E-state index >= 15 is 0 Å². The normalized spacial score (nSPS) is 13.8. The Balaban J connectivity index is 0.000000727. The highest BCUT2D eigenvalue weighted by molar-refractivity contribution is 5.95. The van der Waals surface area contributed by atoms with Gasteiger partial charge in [-0.3, -0.25) is 24.1 Å². The molecular formula is C60H86N10O14. The monoisotopic (exact) mass is 1170 g/mol. The van der Waals surface area contributed by atoms with E-state index in [0.717, 1.165) is 78.0 Å². The van der Waals surface area contributed by atoms with Crippen LogP contribution < -0.4 is 43.4 Å². The number of nitrogens with one attached hydrogen (secondary N) is 8. The molecule has 3 aromatic carbocycles. The highest BCUT2D eigenvalue weighted by Gasteiger charge is 2.32. The van der Waals surface area contributed by atoms with Crippen molar-refractivity contribution in [3.05, 3.63) is 131 Å². The van der Waals surface area contributed by atoms with Gasteiger partial charge < -0.3 is 87.8 Å². The highest BCUT2D eigenvalue weighted by Crippen LogP contribution is 2.23. The van der Waals surface area contributed by atoms with Crippen LogP contribution in [0, 0.1) is 5.92 Å². The summed E-state index contributed by atoms with van der Waals surface area (Å²) in [6.45, 7) is 3.59. The van der Waals surface area contributed by atoms with Gasteiger partial charge in [0.1, 0.15) is 37.2 Å². The highest BCUT2D eigenvalue weighted by atomic mass is 17.2. The summed E-state index contributed by atoms with van der Waals surface area (Å²) in [6, 6.07) is 19.7. The van der Waals surface area contributed by atoms with Crippen LogP contribution in [0.5, 0.6) is 0 Å². The molecule has 0 fully saturated rings. The number of carbonyl (C=O) groups excluding carboxylic acids is 9. The van der Waals surface area contributed by atoms with E-state index in [1.54, 1.807) is 33.2 Å². The lowest BCUT2D eigenvalue weighted by atomic mass is 9.95. The summed E-state index contributed by atoms with van der Waals surface area (Å²) in [5.41, 5.74) is 15.5. The largest absolute Gasteiger partial charge is 0.512 e. The van der Waals surface area contributed by atoms with Gasteiger partial charge in [-0.1, -0.05) is 92.2 Å². The first-order chi connectivity index (χ1) is 40.6. The molecule has 1 aliphatic rings. The molecule has 2 aromatic heterocycles. The summed E-state index contributed by atoms with van der Waals surface area (Å²) in [7, 11) is 7.86. The Morgan fingerprint density at radius 2 is 1.12 bits per heavy atom. The van der Waals surface area contributed by atoms with E-state index in [0.29, 0.717) is 44.7 Å². The minimum Gasteiger partial charge on any atom is -0.512 e. The van der Waals surface area contributed by atoms with Crippen LogP contribution in [0.15, 0.2) is 115 Å². The number of aldehydes is 4. The van der Waals surface area contributed by atoms with E-state index in [1.165, 1.54) is 20.2 Å². The maximum Gasteiger partial charge on any atom is 0.344 e. The Kier molecular flexibility index (Phi) is 37.4. The van der Waals surface area contributed by atoms with Gasteiger partial charge in [0.15, 0.2) is 0 Å². The quantitative estimate of drug-likeness (QED) is 0.0194. The number of aromatic amines is 2. The van der Waals surface area contributed by atoms with E-state index in [1.807, 2.05) is 85.1 Å². The van der Waals surface area contributed by atoms with Crippen molar-refractivity contribution in [1.82, 2.24) is 41.9 Å². The number of hydrogen-bond acceptors (Lipinski definition) is 18. The van der Waals surface area contributed by atoms with Crippen molar-refractivity contribution in [3.63, 3.8) is 0 Å². The van der Waals surface area contributed by atoms with Crippen LogP contribution in [0.25, 0.3) is 21.8 Å². The third-order valence-corrected chi connectivity index (χ3v) is 12.8. The number of aliphatic hydroxyl groups is 3. The fourth-order valence-corrected chi connectivity index (χ4v) is 8.31. The molecule has 0 saturated heterocycles. The van der Waals surface area contributed by atoms with Crippen LogP contribution in [0.3, 0.4) is 0 Å². The summed E-state index contributed by atoms with van der Waals surface area (Å²) in [6.07, 6.45) is 12.1. The summed E-state index contributed by atoms with van der Waals surface area (Å²) < 4.78 is 0. The van der Waals surface area contributed by atoms with Crippen molar-refractivity contribution in [2.45, 2.75) is 114 Å². The molecule has 460 valence electrons. The SMILES string of the molecule is CN.CNC(CC(=O)OOC)C(=O)NC(CC1=CC=C(O)CC1)C(=O)NC(Cc1c[nH]c2ccccc12)C(=O)NC(C=O)C(C)C.CNC(Cc1c[nH]c2ccccc12)C(=O)NC(C=O)CCC=O.CO.CO.NC(C=O)Cc1ccccc1. The molecule has 0 aliphatic heterocycles. The van der Waals surface area contributed by atoms with Crippen molar-refractivity contribution in [2.75, 3.05) is 42.5 Å². The van der Waals surface area contributed by atoms with Gasteiger partial charge in [-0.25, -0.2) is 4.79 Å². The van der Waals surface area contributed by atoms with E-state index in [-0.39, 0.29) is 49.3 Å². The second-order valence-corrected chi connectivity index (χ2v) is 18.8. The number of H-pyrrole nitrogens is 2. The molecular weight excluding hydrogens is 1080 g/mol. The summed E-state index contributed by atoms with van der Waals surface area (Å²) in [5, 5.41) is 42.3. The van der Waals surface area contributed by atoms with Gasteiger partial charge in [-0.2, -0.15) is 4.89 Å². The van der Waals surface area contributed by atoms with Crippen LogP contribution in [-0.2, 0) is 72.2 Å². The van der Waals surface area contributed by atoms with E-state index in [4.69, 9.17) is 15.9 Å². The van der Waals surface area contributed by atoms with Gasteiger partial charge in [0.05, 0.1) is 49.5 Å². The second kappa shape index (κ2) is 42.6. The average molecular weight is 1170 g/mol. The molecule has 24 heteroatoms. The molecule has 0 saturated carbocycles. The number of allylic oxidation sites excluding steroid dienone is 3. The number of aliphatic hydroxyl groups excluding tert-OH is 3. The zero-order chi connectivity index (χ0) is 63.0. The number of benzene rings is 3. The number of likely N-dealkylation sites (N-methyl/N-ethyl adjacent to an activating group) is 2. The molecule has 0 spiro atoms. The number of rotatable bonds is 28. The molecule has 15 N–H and O–H groups in total. The molecule has 84 heavy (non-hydrogen) atoms. The molecule has 1 aliphatic carbocycles. The number of hydrogen-bond donors (Lipinski definition) is 13. The Labute approximate surface area is 490 Å². The minimum atomic E-state index is -1.14. The molecule has 7 atom stereocenters. The zero-order valence-corrected chi connectivity index (χ0v) is 49.1. The molecule has 0 radical (unpaired) electrons. The molecule has 7 unspecified atom stereocenters. The summed E-state index contributed by atoms with van der Waals surface area (Å²) >= 11 is 0. The van der Waals surface area contributed by atoms with E-state index in [9.17, 15) is 48.3 Å². The summed E-state index contributed by atoms with van der Waals surface area (Å²) in [4.78, 5) is 123. The fourth-order valence-electron chi connectivity index (χ4n) is 8.31. The number of aromatic nitrogens is 2. The van der Waals surface area contributed by atoms with Gasteiger partial charge in [0, 0.05) is 67.7 Å². The van der Waals surface area contributed by atoms with Crippen molar-refractivity contribution < 1.29 is 68.2 Å². The van der Waals surface area contributed by atoms with Gasteiger partial charge in [-0.05, 0) is 94.1 Å².